The largest absolute Gasteiger partial charge is 0.504 e. The molecule has 142 valence electrons. The topological polar surface area (TPSA) is 101 Å². The Labute approximate surface area is 163 Å². The second-order valence-corrected chi connectivity index (χ2v) is 6.45. The number of nitrogens with one attached hydrogen (secondary N) is 1. The van der Waals surface area contributed by atoms with E-state index in [-0.39, 0.29) is 23.2 Å². The van der Waals surface area contributed by atoms with E-state index in [1.807, 2.05) is 18.2 Å². The van der Waals surface area contributed by atoms with Crippen LogP contribution in [0.25, 0.3) is 33.9 Å². The van der Waals surface area contributed by atoms with Gasteiger partial charge in [-0.1, -0.05) is 12.1 Å². The number of nitrogens with zero attached hydrogens (tertiary/aromatic N) is 4. The van der Waals surface area contributed by atoms with Crippen molar-refractivity contribution in [3.63, 3.8) is 0 Å². The van der Waals surface area contributed by atoms with Crippen LogP contribution in [0.1, 0.15) is 11.5 Å². The van der Waals surface area contributed by atoms with Crippen molar-refractivity contribution in [3.05, 3.63) is 78.2 Å². The fourth-order valence-corrected chi connectivity index (χ4v) is 3.15. The molecular formula is C21H14FN5O2. The van der Waals surface area contributed by atoms with Crippen molar-refractivity contribution in [1.82, 2.24) is 25.1 Å². The van der Waals surface area contributed by atoms with E-state index in [0.717, 1.165) is 11.3 Å². The van der Waals surface area contributed by atoms with E-state index in [4.69, 9.17) is 4.42 Å². The average molecular weight is 387 g/mol. The van der Waals surface area contributed by atoms with Gasteiger partial charge in [0.1, 0.15) is 11.3 Å². The molecule has 0 saturated carbocycles. The first-order valence-electron chi connectivity index (χ1n) is 8.87. The van der Waals surface area contributed by atoms with Crippen LogP contribution in [0, 0.1) is 5.82 Å². The van der Waals surface area contributed by atoms with Gasteiger partial charge in [0.15, 0.2) is 11.4 Å². The van der Waals surface area contributed by atoms with E-state index in [1.165, 1.54) is 12.1 Å². The summed E-state index contributed by atoms with van der Waals surface area (Å²) in [6.45, 7) is 0. The number of aromatic nitrogens is 5. The molecular weight excluding hydrogens is 373 g/mol. The first-order valence-corrected chi connectivity index (χ1v) is 8.87. The van der Waals surface area contributed by atoms with Gasteiger partial charge in [-0.3, -0.25) is 4.98 Å². The lowest BCUT2D eigenvalue weighted by Crippen LogP contribution is -1.94. The third-order valence-electron chi connectivity index (χ3n) is 4.53. The van der Waals surface area contributed by atoms with Crippen LogP contribution in [-0.2, 0) is 6.42 Å². The Morgan fingerprint density at radius 1 is 1.00 bits per heavy atom. The zero-order valence-corrected chi connectivity index (χ0v) is 15.0. The summed E-state index contributed by atoms with van der Waals surface area (Å²) in [4.78, 5) is 12.0. The maximum absolute atomic E-state index is 13.1. The Kier molecular flexibility index (Phi) is 4.02. The summed E-state index contributed by atoms with van der Waals surface area (Å²) < 4.78 is 18.8. The maximum Gasteiger partial charge on any atom is 0.270 e. The van der Waals surface area contributed by atoms with Crippen molar-refractivity contribution in [2.45, 2.75) is 6.42 Å². The monoisotopic (exact) mass is 387 g/mol. The summed E-state index contributed by atoms with van der Waals surface area (Å²) in [5, 5.41) is 19.5. The number of aromatic hydroxyl groups is 1. The SMILES string of the molecule is Oc1c(-c2nnc(Cc3ccc(F)cc3)o2)nc(-c2ccc[nH]2)c2cccnc12. The molecule has 1 aromatic carbocycles. The standard InChI is InChI=1S/C21H14FN5O2/c22-13-7-5-12(6-8-13)11-16-26-27-21(29-16)19-20(28)18-14(3-1-10-24-18)17(25-19)15-4-2-9-23-15/h1-10,23,28H,11H2. The number of fused-ring (bicyclic) bond motifs is 1. The number of halogens is 1. The van der Waals surface area contributed by atoms with Crippen LogP contribution in [0.5, 0.6) is 5.75 Å². The Morgan fingerprint density at radius 2 is 1.86 bits per heavy atom. The summed E-state index contributed by atoms with van der Waals surface area (Å²) in [5.41, 5.74) is 2.75. The number of aromatic amines is 1. The summed E-state index contributed by atoms with van der Waals surface area (Å²) in [7, 11) is 0. The molecule has 0 fully saturated rings. The first kappa shape index (κ1) is 17.1. The molecule has 0 aliphatic heterocycles. The minimum Gasteiger partial charge on any atom is -0.504 e. The molecule has 0 aliphatic rings. The van der Waals surface area contributed by atoms with Crippen molar-refractivity contribution in [2.75, 3.05) is 0 Å². The van der Waals surface area contributed by atoms with E-state index in [1.54, 1.807) is 30.6 Å². The van der Waals surface area contributed by atoms with Crippen LogP contribution in [-0.4, -0.2) is 30.3 Å². The molecule has 0 aliphatic carbocycles. The predicted molar refractivity (Wildman–Crippen MR) is 103 cm³/mol. The quantitative estimate of drug-likeness (QED) is 0.481. The predicted octanol–water partition coefficient (Wildman–Crippen LogP) is 4.11. The van der Waals surface area contributed by atoms with Crippen LogP contribution < -0.4 is 0 Å². The highest BCUT2D eigenvalue weighted by atomic mass is 19.1. The average Bonchev–Trinajstić information content (AvgIpc) is 3.43. The molecule has 29 heavy (non-hydrogen) atoms. The molecule has 5 rings (SSSR count). The van der Waals surface area contributed by atoms with E-state index in [2.05, 4.69) is 25.1 Å². The molecule has 4 heterocycles. The second-order valence-electron chi connectivity index (χ2n) is 6.45. The molecule has 7 nitrogen and oxygen atoms in total. The number of hydrogen-bond donors (Lipinski definition) is 2. The normalized spacial score (nSPS) is 11.2. The van der Waals surface area contributed by atoms with Crippen molar-refractivity contribution < 1.29 is 13.9 Å². The van der Waals surface area contributed by atoms with Crippen LogP contribution in [0.3, 0.4) is 0 Å². The van der Waals surface area contributed by atoms with Gasteiger partial charge >= 0.3 is 0 Å². The third-order valence-corrected chi connectivity index (χ3v) is 4.53. The zero-order chi connectivity index (χ0) is 19.8. The smallest absolute Gasteiger partial charge is 0.270 e. The maximum atomic E-state index is 13.1. The number of pyridine rings is 2. The van der Waals surface area contributed by atoms with E-state index in [0.29, 0.717) is 28.9 Å². The van der Waals surface area contributed by atoms with Crippen molar-refractivity contribution in [3.8, 4) is 28.7 Å². The minimum atomic E-state index is -0.311. The Bertz CT molecular complexity index is 1300. The molecule has 0 unspecified atom stereocenters. The molecule has 0 spiro atoms. The van der Waals surface area contributed by atoms with E-state index >= 15 is 0 Å². The summed E-state index contributed by atoms with van der Waals surface area (Å²) in [5.74, 6) is -0.0298. The molecule has 5 aromatic rings. The van der Waals surface area contributed by atoms with E-state index < -0.39 is 0 Å². The van der Waals surface area contributed by atoms with Gasteiger partial charge in [-0.25, -0.2) is 9.37 Å². The van der Waals surface area contributed by atoms with Crippen LogP contribution >= 0.6 is 0 Å². The highest BCUT2D eigenvalue weighted by molar-refractivity contribution is 5.98. The summed E-state index contributed by atoms with van der Waals surface area (Å²) >= 11 is 0. The number of rotatable bonds is 4. The van der Waals surface area contributed by atoms with Crippen molar-refractivity contribution >= 4 is 10.9 Å². The molecule has 0 amide bonds. The highest BCUT2D eigenvalue weighted by Gasteiger charge is 2.21. The molecule has 0 radical (unpaired) electrons. The van der Waals surface area contributed by atoms with Crippen LogP contribution in [0.2, 0.25) is 0 Å². The number of H-pyrrole nitrogens is 1. The fraction of sp³-hybridized carbons (Fsp3) is 0.0476. The lowest BCUT2D eigenvalue weighted by atomic mass is 10.1. The van der Waals surface area contributed by atoms with Crippen molar-refractivity contribution in [1.29, 1.82) is 0 Å². The Balaban J connectivity index is 1.59. The first-order chi connectivity index (χ1) is 14.2. The lowest BCUT2D eigenvalue weighted by Gasteiger charge is -2.08. The van der Waals surface area contributed by atoms with E-state index in [9.17, 15) is 9.50 Å². The third kappa shape index (κ3) is 3.10. The van der Waals surface area contributed by atoms with Gasteiger partial charge < -0.3 is 14.5 Å². The van der Waals surface area contributed by atoms with Gasteiger partial charge in [-0.2, -0.15) is 0 Å². The van der Waals surface area contributed by atoms with Gasteiger partial charge in [-0.15, -0.1) is 10.2 Å². The van der Waals surface area contributed by atoms with Crippen LogP contribution in [0.4, 0.5) is 4.39 Å². The van der Waals surface area contributed by atoms with Gasteiger partial charge in [0, 0.05) is 17.8 Å². The Hall–Kier alpha value is -4.07. The summed E-state index contributed by atoms with van der Waals surface area (Å²) in [6, 6.07) is 13.4. The number of benzene rings is 1. The van der Waals surface area contributed by atoms with Gasteiger partial charge in [0.25, 0.3) is 5.89 Å². The fourth-order valence-electron chi connectivity index (χ4n) is 3.15. The molecule has 0 bridgehead atoms. The minimum absolute atomic E-state index is 0.0833. The second kappa shape index (κ2) is 6.83. The Morgan fingerprint density at radius 3 is 2.66 bits per heavy atom. The lowest BCUT2D eigenvalue weighted by molar-refractivity contribution is 0.471. The number of hydrogen-bond acceptors (Lipinski definition) is 6. The van der Waals surface area contributed by atoms with Crippen molar-refractivity contribution in [2.24, 2.45) is 0 Å². The van der Waals surface area contributed by atoms with Gasteiger partial charge in [0.05, 0.1) is 17.8 Å². The van der Waals surface area contributed by atoms with Gasteiger partial charge in [0.2, 0.25) is 5.89 Å². The zero-order valence-electron chi connectivity index (χ0n) is 15.0. The van der Waals surface area contributed by atoms with Crippen LogP contribution in [0.15, 0.2) is 65.3 Å². The molecule has 2 N–H and O–H groups in total. The molecule has 0 atom stereocenters. The van der Waals surface area contributed by atoms with Gasteiger partial charge in [-0.05, 0) is 42.0 Å². The molecule has 4 aromatic heterocycles. The summed E-state index contributed by atoms with van der Waals surface area (Å²) in [6.07, 6.45) is 3.72. The molecule has 8 heteroatoms. The molecule has 0 saturated heterocycles. The highest BCUT2D eigenvalue weighted by Crippen LogP contribution is 2.37.